The number of fused-ring (bicyclic) bond motifs is 1. The highest BCUT2D eigenvalue weighted by Gasteiger charge is 2.24. The SMILES string of the molecule is COc1ccc(OC)c(NC(=O)[C@H](C)Sc2nc3c(c(C)c2C#N)CCC3)c1. The Balaban J connectivity index is 1.81. The van der Waals surface area contributed by atoms with Crippen LogP contribution in [0, 0.1) is 18.3 Å². The molecule has 0 aliphatic heterocycles. The van der Waals surface area contributed by atoms with Crippen molar-refractivity contribution in [3.8, 4) is 17.6 Å². The number of pyridine rings is 1. The number of nitriles is 1. The average Bonchev–Trinajstić information content (AvgIpc) is 3.17. The third-order valence-electron chi connectivity index (χ3n) is 4.90. The molecule has 1 atom stereocenters. The molecule has 6 nitrogen and oxygen atoms in total. The van der Waals surface area contributed by atoms with E-state index < -0.39 is 5.25 Å². The van der Waals surface area contributed by atoms with Gasteiger partial charge in [-0.1, -0.05) is 11.8 Å². The van der Waals surface area contributed by atoms with Crippen LogP contribution in [0.15, 0.2) is 23.2 Å². The van der Waals surface area contributed by atoms with E-state index in [1.807, 2.05) is 6.92 Å². The lowest BCUT2D eigenvalue weighted by Crippen LogP contribution is -2.23. The molecule has 1 heterocycles. The second-order valence-electron chi connectivity index (χ2n) is 6.62. The van der Waals surface area contributed by atoms with Crippen LogP contribution in [-0.4, -0.2) is 30.4 Å². The van der Waals surface area contributed by atoms with Gasteiger partial charge in [-0.3, -0.25) is 4.79 Å². The maximum absolute atomic E-state index is 12.8. The number of nitrogens with one attached hydrogen (secondary N) is 1. The van der Waals surface area contributed by atoms with E-state index in [4.69, 9.17) is 14.5 Å². The minimum Gasteiger partial charge on any atom is -0.497 e. The molecule has 0 fully saturated rings. The summed E-state index contributed by atoms with van der Waals surface area (Å²) < 4.78 is 10.5. The molecule has 0 bridgehead atoms. The van der Waals surface area contributed by atoms with Crippen molar-refractivity contribution in [1.82, 2.24) is 4.98 Å². The molecule has 1 aromatic heterocycles. The summed E-state index contributed by atoms with van der Waals surface area (Å²) >= 11 is 1.31. The molecule has 2 aromatic rings. The molecular weight excluding hydrogens is 374 g/mol. The molecule has 1 N–H and O–H groups in total. The van der Waals surface area contributed by atoms with Gasteiger partial charge in [0, 0.05) is 11.8 Å². The predicted molar refractivity (Wildman–Crippen MR) is 109 cm³/mol. The van der Waals surface area contributed by atoms with Crippen LogP contribution >= 0.6 is 11.8 Å². The summed E-state index contributed by atoms with van der Waals surface area (Å²) in [6.45, 7) is 3.78. The Morgan fingerprint density at radius 2 is 2.11 bits per heavy atom. The van der Waals surface area contributed by atoms with Gasteiger partial charge < -0.3 is 14.8 Å². The van der Waals surface area contributed by atoms with Gasteiger partial charge in [-0.15, -0.1) is 0 Å². The molecule has 0 unspecified atom stereocenters. The molecule has 0 saturated heterocycles. The summed E-state index contributed by atoms with van der Waals surface area (Å²) in [5.74, 6) is 0.982. The van der Waals surface area contributed by atoms with Gasteiger partial charge >= 0.3 is 0 Å². The monoisotopic (exact) mass is 397 g/mol. The Labute approximate surface area is 169 Å². The minimum absolute atomic E-state index is 0.194. The van der Waals surface area contributed by atoms with Gasteiger partial charge in [-0.25, -0.2) is 4.98 Å². The van der Waals surface area contributed by atoms with Gasteiger partial charge in [0.05, 0.1) is 30.7 Å². The smallest absolute Gasteiger partial charge is 0.237 e. The first kappa shape index (κ1) is 20.0. The summed E-state index contributed by atoms with van der Waals surface area (Å²) in [6, 6.07) is 7.49. The number of aryl methyl sites for hydroxylation is 1. The molecular formula is C21H23N3O3S. The Bertz CT molecular complexity index is 953. The number of carbonyl (C=O) groups is 1. The van der Waals surface area contributed by atoms with Crippen molar-refractivity contribution < 1.29 is 14.3 Å². The van der Waals surface area contributed by atoms with E-state index in [2.05, 4.69) is 11.4 Å². The lowest BCUT2D eigenvalue weighted by atomic mass is 10.0. The molecule has 0 spiro atoms. The third kappa shape index (κ3) is 3.92. The van der Waals surface area contributed by atoms with Crippen molar-refractivity contribution in [2.24, 2.45) is 0 Å². The third-order valence-corrected chi connectivity index (χ3v) is 5.99. The largest absolute Gasteiger partial charge is 0.497 e. The van der Waals surface area contributed by atoms with Gasteiger partial charge in [0.1, 0.15) is 22.6 Å². The Kier molecular flexibility index (Phi) is 6.10. The number of anilines is 1. The Hall–Kier alpha value is -2.72. The summed E-state index contributed by atoms with van der Waals surface area (Å²) in [7, 11) is 3.11. The van der Waals surface area contributed by atoms with Crippen LogP contribution in [0.2, 0.25) is 0 Å². The normalized spacial score (nSPS) is 13.4. The number of ether oxygens (including phenoxy) is 2. The Morgan fingerprint density at radius 1 is 1.32 bits per heavy atom. The molecule has 1 aromatic carbocycles. The van der Waals surface area contributed by atoms with E-state index in [-0.39, 0.29) is 5.91 Å². The fraction of sp³-hybridized carbons (Fsp3) is 0.381. The zero-order chi connectivity index (χ0) is 20.3. The first-order valence-corrected chi connectivity index (χ1v) is 9.98. The topological polar surface area (TPSA) is 84.2 Å². The van der Waals surface area contributed by atoms with E-state index in [0.29, 0.717) is 27.8 Å². The zero-order valence-corrected chi connectivity index (χ0v) is 17.3. The molecule has 146 valence electrons. The quantitative estimate of drug-likeness (QED) is 0.745. The van der Waals surface area contributed by atoms with E-state index >= 15 is 0 Å². The highest BCUT2D eigenvalue weighted by atomic mass is 32.2. The molecule has 3 rings (SSSR count). The van der Waals surface area contributed by atoms with Crippen LogP contribution in [0.25, 0.3) is 0 Å². The number of aromatic nitrogens is 1. The average molecular weight is 398 g/mol. The van der Waals surface area contributed by atoms with Crippen molar-refractivity contribution in [2.45, 2.75) is 43.4 Å². The van der Waals surface area contributed by atoms with Crippen LogP contribution in [-0.2, 0) is 17.6 Å². The minimum atomic E-state index is -0.436. The standard InChI is InChI=1S/C21H23N3O3S/c1-12-15-6-5-7-17(15)24-21(16(12)11-22)28-13(2)20(25)23-18-10-14(26-3)8-9-19(18)27-4/h8-10,13H,5-7H2,1-4H3,(H,23,25)/t13-/m0/s1. The number of hydrogen-bond donors (Lipinski definition) is 1. The van der Waals surface area contributed by atoms with Crippen LogP contribution in [0.1, 0.15) is 35.7 Å². The molecule has 28 heavy (non-hydrogen) atoms. The molecule has 1 aliphatic rings. The first-order valence-electron chi connectivity index (χ1n) is 9.10. The number of benzene rings is 1. The van der Waals surface area contributed by atoms with E-state index in [9.17, 15) is 10.1 Å². The van der Waals surface area contributed by atoms with Gasteiger partial charge in [0.25, 0.3) is 0 Å². The number of amides is 1. The van der Waals surface area contributed by atoms with Crippen LogP contribution in [0.3, 0.4) is 0 Å². The highest BCUT2D eigenvalue weighted by molar-refractivity contribution is 8.00. The van der Waals surface area contributed by atoms with Gasteiger partial charge in [-0.05, 0) is 56.4 Å². The van der Waals surface area contributed by atoms with Crippen molar-refractivity contribution in [2.75, 3.05) is 19.5 Å². The van der Waals surface area contributed by atoms with Crippen LogP contribution in [0.5, 0.6) is 11.5 Å². The fourth-order valence-corrected chi connectivity index (χ4v) is 4.31. The lowest BCUT2D eigenvalue weighted by molar-refractivity contribution is -0.115. The Morgan fingerprint density at radius 3 is 2.79 bits per heavy atom. The van der Waals surface area contributed by atoms with E-state index in [1.54, 1.807) is 39.3 Å². The second kappa shape index (κ2) is 8.53. The zero-order valence-electron chi connectivity index (χ0n) is 16.5. The number of carbonyl (C=O) groups excluding carboxylic acids is 1. The predicted octanol–water partition coefficient (Wildman–Crippen LogP) is 3.89. The van der Waals surface area contributed by atoms with Crippen molar-refractivity contribution in [3.63, 3.8) is 0 Å². The number of methoxy groups -OCH3 is 2. The molecule has 0 saturated carbocycles. The number of nitrogens with zero attached hydrogens (tertiary/aromatic N) is 2. The lowest BCUT2D eigenvalue weighted by Gasteiger charge is -2.16. The first-order chi connectivity index (χ1) is 13.5. The van der Waals surface area contributed by atoms with Crippen molar-refractivity contribution >= 4 is 23.4 Å². The molecule has 0 radical (unpaired) electrons. The van der Waals surface area contributed by atoms with Crippen LogP contribution < -0.4 is 14.8 Å². The summed E-state index contributed by atoms with van der Waals surface area (Å²) in [4.78, 5) is 17.5. The molecule has 1 aliphatic carbocycles. The van der Waals surface area contributed by atoms with Crippen LogP contribution in [0.4, 0.5) is 5.69 Å². The fourth-order valence-electron chi connectivity index (χ4n) is 3.33. The van der Waals surface area contributed by atoms with E-state index in [0.717, 1.165) is 30.5 Å². The summed E-state index contributed by atoms with van der Waals surface area (Å²) in [6.07, 6.45) is 2.96. The number of thioether (sulfide) groups is 1. The van der Waals surface area contributed by atoms with Gasteiger partial charge in [-0.2, -0.15) is 5.26 Å². The summed E-state index contributed by atoms with van der Waals surface area (Å²) in [5.41, 5.74) is 4.36. The van der Waals surface area contributed by atoms with Gasteiger partial charge in [0.15, 0.2) is 0 Å². The second-order valence-corrected chi connectivity index (χ2v) is 7.95. The molecule has 7 heteroatoms. The number of rotatable bonds is 6. The van der Waals surface area contributed by atoms with Crippen molar-refractivity contribution in [1.29, 1.82) is 5.26 Å². The highest BCUT2D eigenvalue weighted by Crippen LogP contribution is 2.34. The molecule has 1 amide bonds. The summed E-state index contributed by atoms with van der Waals surface area (Å²) in [5, 5.41) is 12.7. The van der Waals surface area contributed by atoms with Gasteiger partial charge in [0.2, 0.25) is 5.91 Å². The number of hydrogen-bond acceptors (Lipinski definition) is 6. The van der Waals surface area contributed by atoms with Crippen molar-refractivity contribution in [3.05, 3.63) is 40.6 Å². The maximum Gasteiger partial charge on any atom is 0.237 e. The van der Waals surface area contributed by atoms with E-state index in [1.165, 1.54) is 17.3 Å². The maximum atomic E-state index is 12.8.